The van der Waals surface area contributed by atoms with Gasteiger partial charge in [0.2, 0.25) is 0 Å². The van der Waals surface area contributed by atoms with Crippen molar-refractivity contribution in [3.63, 3.8) is 0 Å². The second-order valence-electron chi connectivity index (χ2n) is 11.9. The molecule has 1 unspecified atom stereocenters. The van der Waals surface area contributed by atoms with E-state index in [4.69, 9.17) is 4.74 Å². The van der Waals surface area contributed by atoms with E-state index in [9.17, 15) is 4.79 Å². The largest absolute Gasteiger partial charge is 0.384 e. The zero-order valence-electron chi connectivity index (χ0n) is 20.2. The van der Waals surface area contributed by atoms with E-state index >= 15 is 0 Å². The molecule has 1 heterocycles. The number of carbonyl (C=O) groups excluding carboxylic acids is 1. The Morgan fingerprint density at radius 3 is 2.56 bits per heavy atom. The molecule has 0 N–H and O–H groups in total. The number of pyridine rings is 1. The van der Waals surface area contributed by atoms with Gasteiger partial charge in [-0.15, -0.1) is 11.8 Å². The average Bonchev–Trinajstić information content (AvgIpc) is 3.15. The van der Waals surface area contributed by atoms with Gasteiger partial charge in [-0.3, -0.25) is 9.78 Å². The number of carbonyl (C=O) groups is 1. The number of hydrogen-bond donors (Lipinski definition) is 0. The van der Waals surface area contributed by atoms with E-state index < -0.39 is 0 Å². The van der Waals surface area contributed by atoms with E-state index in [2.05, 4.69) is 18.8 Å². The van der Waals surface area contributed by atoms with Crippen molar-refractivity contribution in [2.24, 2.45) is 46.3 Å². The third kappa shape index (κ3) is 3.87. The fourth-order valence-corrected chi connectivity index (χ4v) is 9.91. The second kappa shape index (κ2) is 9.06. The lowest BCUT2D eigenvalue weighted by molar-refractivity contribution is -0.137. The van der Waals surface area contributed by atoms with Crippen LogP contribution in [0.2, 0.25) is 0 Å². The Hall–Kier alpha value is -0.870. The van der Waals surface area contributed by atoms with E-state index in [0.717, 1.165) is 47.5 Å². The van der Waals surface area contributed by atoms with Gasteiger partial charge in [0, 0.05) is 36.9 Å². The van der Waals surface area contributed by atoms with Gasteiger partial charge < -0.3 is 4.74 Å². The maximum Gasteiger partial charge on any atom is 0.146 e. The Bertz CT molecular complexity index is 815. The molecule has 4 aliphatic carbocycles. The lowest BCUT2D eigenvalue weighted by Gasteiger charge is -2.61. The summed E-state index contributed by atoms with van der Waals surface area (Å²) in [6.07, 6.45) is 15.6. The van der Waals surface area contributed by atoms with Crippen LogP contribution in [0.3, 0.4) is 0 Å². The fourth-order valence-electron chi connectivity index (χ4n) is 9.08. The average molecular weight is 456 g/mol. The number of nitrogens with zero attached hydrogens (tertiary/aromatic N) is 1. The maximum absolute atomic E-state index is 13.4. The van der Waals surface area contributed by atoms with Crippen LogP contribution in [-0.4, -0.2) is 30.2 Å². The normalized spacial score (nSPS) is 43.2. The van der Waals surface area contributed by atoms with Crippen molar-refractivity contribution in [1.82, 2.24) is 4.98 Å². The van der Waals surface area contributed by atoms with E-state index in [0.29, 0.717) is 17.0 Å². The molecular weight excluding hydrogens is 414 g/mol. The van der Waals surface area contributed by atoms with Crippen LogP contribution in [0.4, 0.5) is 0 Å². The van der Waals surface area contributed by atoms with Crippen LogP contribution in [0.15, 0.2) is 29.4 Å². The Balaban J connectivity index is 1.29. The van der Waals surface area contributed by atoms with Gasteiger partial charge in [0.05, 0.1) is 5.75 Å². The number of Topliss-reactive ketones (excluding diaryl/α,β-unsaturated/α-hetero) is 1. The summed E-state index contributed by atoms with van der Waals surface area (Å²) < 4.78 is 5.58. The summed E-state index contributed by atoms with van der Waals surface area (Å²) in [4.78, 5) is 18.6. The smallest absolute Gasteiger partial charge is 0.146 e. The zero-order chi connectivity index (χ0) is 22.3. The minimum atomic E-state index is 0.223. The summed E-state index contributed by atoms with van der Waals surface area (Å²) >= 11 is 1.69. The maximum atomic E-state index is 13.4. The minimum Gasteiger partial charge on any atom is -0.384 e. The molecule has 0 spiro atoms. The predicted octanol–water partition coefficient (Wildman–Crippen LogP) is 6.66. The predicted molar refractivity (Wildman–Crippen MR) is 131 cm³/mol. The summed E-state index contributed by atoms with van der Waals surface area (Å²) in [6, 6.07) is 4.03. The van der Waals surface area contributed by atoms with Crippen LogP contribution in [0.5, 0.6) is 0 Å². The van der Waals surface area contributed by atoms with Crippen molar-refractivity contribution in [1.29, 1.82) is 0 Å². The number of fused-ring (bicyclic) bond motifs is 5. The van der Waals surface area contributed by atoms with Crippen LogP contribution in [-0.2, 0) is 9.53 Å². The molecule has 176 valence electrons. The van der Waals surface area contributed by atoms with Crippen molar-refractivity contribution >= 4 is 17.5 Å². The van der Waals surface area contributed by atoms with Gasteiger partial charge in [0.1, 0.15) is 5.78 Å². The van der Waals surface area contributed by atoms with Crippen LogP contribution in [0.1, 0.15) is 71.6 Å². The molecule has 0 saturated heterocycles. The lowest BCUT2D eigenvalue weighted by atomic mass is 9.44. The Labute approximate surface area is 198 Å². The Kier molecular flexibility index (Phi) is 6.48. The molecule has 0 radical (unpaired) electrons. The van der Waals surface area contributed by atoms with Crippen LogP contribution < -0.4 is 0 Å². The van der Waals surface area contributed by atoms with E-state index in [-0.39, 0.29) is 11.3 Å². The third-order valence-electron chi connectivity index (χ3n) is 10.5. The minimum absolute atomic E-state index is 0.223. The summed E-state index contributed by atoms with van der Waals surface area (Å²) in [5.74, 6) is 5.48. The van der Waals surface area contributed by atoms with Crippen LogP contribution >= 0.6 is 11.8 Å². The monoisotopic (exact) mass is 455 g/mol. The van der Waals surface area contributed by atoms with Gasteiger partial charge in [0.15, 0.2) is 0 Å². The number of hydrogen-bond acceptors (Lipinski definition) is 4. The Morgan fingerprint density at radius 1 is 1.03 bits per heavy atom. The van der Waals surface area contributed by atoms with E-state index in [1.54, 1.807) is 11.8 Å². The molecule has 8 atom stereocenters. The molecule has 5 rings (SSSR count). The van der Waals surface area contributed by atoms with Crippen LogP contribution in [0.25, 0.3) is 0 Å². The number of methoxy groups -OCH3 is 1. The van der Waals surface area contributed by atoms with Gasteiger partial charge in [-0.25, -0.2) is 0 Å². The molecule has 0 aliphatic heterocycles. The van der Waals surface area contributed by atoms with Gasteiger partial charge >= 0.3 is 0 Å². The molecule has 0 bridgehead atoms. The van der Waals surface area contributed by atoms with Gasteiger partial charge in [-0.05, 0) is 110 Å². The zero-order valence-corrected chi connectivity index (χ0v) is 21.0. The highest BCUT2D eigenvalue weighted by atomic mass is 32.2. The summed E-state index contributed by atoms with van der Waals surface area (Å²) in [5, 5.41) is 0. The molecule has 3 nitrogen and oxygen atoms in total. The highest BCUT2D eigenvalue weighted by molar-refractivity contribution is 8.00. The molecule has 4 fully saturated rings. The highest BCUT2D eigenvalue weighted by Gasteiger charge is 2.61. The van der Waals surface area contributed by atoms with Gasteiger partial charge in [0.25, 0.3) is 0 Å². The fraction of sp³-hybridized carbons (Fsp3) is 0.786. The standard InChI is InChI=1S/C28H41NO2S/c1-27-13-10-24-22(7-6-20-5-4-19(17-31-3)16-28(20,24)2)23(27)8-9-25(27)26(30)18-32-21-11-14-29-15-12-21/h11-12,14-15,19-20,22-25H,4-10,13,16-18H2,1-3H3/t19?,20-,22+,23+,24+,25-,27+,28+/m1/s1. The number of thioether (sulfide) groups is 1. The molecule has 1 aromatic heterocycles. The molecule has 0 amide bonds. The number of ether oxygens (including phenoxy) is 1. The SMILES string of the molecule is COCC1CC[C@@H]2CC[C@@H]3[C@H](CC[C@]4(C)[C@@H](C(=O)CSc5ccncc5)CC[C@@H]34)[C@@]2(C)C1. The second-order valence-corrected chi connectivity index (χ2v) is 12.9. The molecule has 4 saturated carbocycles. The van der Waals surface area contributed by atoms with Crippen molar-refractivity contribution < 1.29 is 9.53 Å². The topological polar surface area (TPSA) is 39.2 Å². The first-order valence-electron chi connectivity index (χ1n) is 13.0. The number of rotatable bonds is 6. The summed E-state index contributed by atoms with van der Waals surface area (Å²) in [7, 11) is 1.87. The van der Waals surface area contributed by atoms with Crippen molar-refractivity contribution in [2.45, 2.75) is 76.5 Å². The molecule has 4 aliphatic rings. The number of ketones is 1. The van der Waals surface area contributed by atoms with E-state index in [1.807, 2.05) is 31.6 Å². The summed E-state index contributed by atoms with van der Waals surface area (Å²) in [6.45, 7) is 6.07. The van der Waals surface area contributed by atoms with Crippen molar-refractivity contribution in [3.8, 4) is 0 Å². The van der Waals surface area contributed by atoms with E-state index in [1.165, 1.54) is 51.4 Å². The third-order valence-corrected chi connectivity index (χ3v) is 11.6. The first-order valence-corrected chi connectivity index (χ1v) is 14.0. The first kappa shape index (κ1) is 22.9. The molecule has 0 aromatic carbocycles. The molecule has 4 heteroatoms. The molecular formula is C28H41NO2S. The van der Waals surface area contributed by atoms with Gasteiger partial charge in [-0.2, -0.15) is 0 Å². The lowest BCUT2D eigenvalue weighted by Crippen LogP contribution is -2.54. The van der Waals surface area contributed by atoms with Gasteiger partial charge in [-0.1, -0.05) is 13.8 Å². The Morgan fingerprint density at radius 2 is 1.78 bits per heavy atom. The van der Waals surface area contributed by atoms with Crippen LogP contribution in [0, 0.1) is 46.3 Å². The first-order chi connectivity index (χ1) is 15.5. The molecule has 32 heavy (non-hydrogen) atoms. The number of aromatic nitrogens is 1. The quantitative estimate of drug-likeness (QED) is 0.449. The highest BCUT2D eigenvalue weighted by Crippen LogP contribution is 2.68. The molecule has 1 aromatic rings. The summed E-state index contributed by atoms with van der Waals surface area (Å²) in [5.41, 5.74) is 0.714. The van der Waals surface area contributed by atoms with Crippen molar-refractivity contribution in [2.75, 3.05) is 19.5 Å². The van der Waals surface area contributed by atoms with Crippen molar-refractivity contribution in [3.05, 3.63) is 24.5 Å².